The van der Waals surface area contributed by atoms with Crippen molar-refractivity contribution in [2.75, 3.05) is 10.6 Å². The van der Waals surface area contributed by atoms with Crippen molar-refractivity contribution in [3.05, 3.63) is 77.5 Å². The van der Waals surface area contributed by atoms with E-state index < -0.39 is 0 Å². The number of aryl methyl sites for hydroxylation is 2. The summed E-state index contributed by atoms with van der Waals surface area (Å²) in [6, 6.07) is 18.9. The zero-order valence-corrected chi connectivity index (χ0v) is 17.1. The molecular weight excluding hydrogens is 390 g/mol. The minimum absolute atomic E-state index is 0.0122. The molecule has 0 unspecified atom stereocenters. The molecule has 0 fully saturated rings. The highest BCUT2D eigenvalue weighted by atomic mass is 16.2. The van der Waals surface area contributed by atoms with Crippen LogP contribution in [0.25, 0.3) is 16.7 Å². The molecule has 3 heterocycles. The van der Waals surface area contributed by atoms with Crippen LogP contribution in [0.1, 0.15) is 34.5 Å². The van der Waals surface area contributed by atoms with Gasteiger partial charge in [-0.1, -0.05) is 18.2 Å². The summed E-state index contributed by atoms with van der Waals surface area (Å²) in [4.78, 5) is 29.4. The molecule has 31 heavy (non-hydrogen) atoms. The van der Waals surface area contributed by atoms with E-state index >= 15 is 0 Å². The maximum Gasteiger partial charge on any atom is 0.256 e. The predicted octanol–water partition coefficient (Wildman–Crippen LogP) is 4.26. The zero-order valence-electron chi connectivity index (χ0n) is 17.1. The molecule has 0 radical (unpaired) electrons. The molecule has 7 nitrogen and oxygen atoms in total. The molecule has 4 aromatic rings. The van der Waals surface area contributed by atoms with Gasteiger partial charge >= 0.3 is 0 Å². The fourth-order valence-electron chi connectivity index (χ4n) is 3.84. The lowest BCUT2D eigenvalue weighted by Gasteiger charge is -2.11. The fraction of sp³-hybridized carbons (Fsp3) is 0.167. The number of pyridine rings is 1. The highest BCUT2D eigenvalue weighted by Crippen LogP contribution is 2.24. The number of carbonyl (C=O) groups is 2. The van der Waals surface area contributed by atoms with Gasteiger partial charge in [0.1, 0.15) is 5.82 Å². The number of fused-ring (bicyclic) bond motifs is 2. The Morgan fingerprint density at radius 1 is 1.06 bits per heavy atom. The van der Waals surface area contributed by atoms with Crippen molar-refractivity contribution in [2.24, 2.45) is 0 Å². The molecule has 0 bridgehead atoms. The van der Waals surface area contributed by atoms with Crippen LogP contribution in [0.3, 0.4) is 0 Å². The molecule has 0 saturated heterocycles. The number of carbonyl (C=O) groups excluding carboxylic acids is 2. The average Bonchev–Trinajstić information content (AvgIpc) is 3.02. The largest absolute Gasteiger partial charge is 0.326 e. The molecule has 2 aromatic heterocycles. The second kappa shape index (κ2) is 7.68. The number of hydrogen-bond donors (Lipinski definition) is 2. The summed E-state index contributed by atoms with van der Waals surface area (Å²) in [6.07, 6.45) is 2.02. The first-order valence-electron chi connectivity index (χ1n) is 10.2. The highest BCUT2D eigenvalue weighted by molar-refractivity contribution is 6.05. The standard InChI is InChI=1S/C24H21N5O2/c1-15-13-22(29(28-15)21-12-10-16-5-2-3-7-19(16)25-21)27-24(31)18-9-11-20-17(14-18)6-4-8-23(30)26-20/h2-3,5,7,9-14H,4,6,8H2,1H3,(H,26,30)(H,27,31). The first-order chi connectivity index (χ1) is 15.1. The van der Waals surface area contributed by atoms with Crippen molar-refractivity contribution in [2.45, 2.75) is 26.2 Å². The number of benzene rings is 2. The number of nitrogens with zero attached hydrogens (tertiary/aromatic N) is 3. The van der Waals surface area contributed by atoms with E-state index in [0.717, 1.165) is 40.7 Å². The maximum absolute atomic E-state index is 13.0. The van der Waals surface area contributed by atoms with Crippen molar-refractivity contribution < 1.29 is 9.59 Å². The normalized spacial score (nSPS) is 13.4. The topological polar surface area (TPSA) is 88.9 Å². The number of anilines is 2. The van der Waals surface area contributed by atoms with Crippen LogP contribution in [-0.2, 0) is 11.2 Å². The van der Waals surface area contributed by atoms with Crippen LogP contribution in [0.4, 0.5) is 11.5 Å². The molecule has 5 rings (SSSR count). The number of hydrogen-bond acceptors (Lipinski definition) is 4. The van der Waals surface area contributed by atoms with Gasteiger partial charge < -0.3 is 10.6 Å². The number of nitrogens with one attached hydrogen (secondary N) is 2. The van der Waals surface area contributed by atoms with E-state index in [9.17, 15) is 9.59 Å². The third-order valence-electron chi connectivity index (χ3n) is 5.37. The number of para-hydroxylation sites is 1. The third-order valence-corrected chi connectivity index (χ3v) is 5.37. The van der Waals surface area contributed by atoms with E-state index in [1.54, 1.807) is 16.8 Å². The molecule has 2 N–H and O–H groups in total. The van der Waals surface area contributed by atoms with Crippen LogP contribution < -0.4 is 10.6 Å². The van der Waals surface area contributed by atoms with Gasteiger partial charge in [-0.05, 0) is 61.7 Å². The molecule has 1 aliphatic heterocycles. The van der Waals surface area contributed by atoms with Crippen molar-refractivity contribution >= 4 is 34.2 Å². The summed E-state index contributed by atoms with van der Waals surface area (Å²) < 4.78 is 1.64. The Balaban J connectivity index is 1.45. The van der Waals surface area contributed by atoms with Gasteiger partial charge in [-0.25, -0.2) is 4.98 Å². The minimum Gasteiger partial charge on any atom is -0.326 e. The van der Waals surface area contributed by atoms with E-state index in [2.05, 4.69) is 20.7 Å². The SMILES string of the molecule is Cc1cc(NC(=O)c2ccc3c(c2)CCCC(=O)N3)n(-c2ccc3ccccc3n2)n1. The molecule has 0 saturated carbocycles. The van der Waals surface area contributed by atoms with Crippen LogP contribution in [0.5, 0.6) is 0 Å². The lowest BCUT2D eigenvalue weighted by atomic mass is 10.0. The predicted molar refractivity (Wildman–Crippen MR) is 120 cm³/mol. The first kappa shape index (κ1) is 19.0. The Labute approximate surface area is 179 Å². The number of amides is 2. The molecule has 0 atom stereocenters. The summed E-state index contributed by atoms with van der Waals surface area (Å²) in [5.41, 5.74) is 3.92. The molecular formula is C24H21N5O2. The van der Waals surface area contributed by atoms with Gasteiger partial charge in [-0.3, -0.25) is 9.59 Å². The maximum atomic E-state index is 13.0. The molecule has 0 spiro atoms. The molecule has 0 aliphatic carbocycles. The van der Waals surface area contributed by atoms with Crippen molar-refractivity contribution in [1.82, 2.24) is 14.8 Å². The second-order valence-electron chi connectivity index (χ2n) is 7.67. The average molecular weight is 411 g/mol. The van der Waals surface area contributed by atoms with Crippen LogP contribution in [-0.4, -0.2) is 26.6 Å². The van der Waals surface area contributed by atoms with Gasteiger partial charge in [0, 0.05) is 29.1 Å². The van der Waals surface area contributed by atoms with E-state index in [0.29, 0.717) is 23.6 Å². The molecule has 2 aromatic carbocycles. The molecule has 1 aliphatic rings. The Bertz CT molecular complexity index is 1320. The molecule has 7 heteroatoms. The minimum atomic E-state index is -0.236. The lowest BCUT2D eigenvalue weighted by molar-refractivity contribution is -0.116. The fourth-order valence-corrected chi connectivity index (χ4v) is 3.84. The van der Waals surface area contributed by atoms with E-state index in [1.807, 2.05) is 55.5 Å². The van der Waals surface area contributed by atoms with Gasteiger partial charge in [0.25, 0.3) is 5.91 Å². The van der Waals surface area contributed by atoms with Gasteiger partial charge in [-0.2, -0.15) is 9.78 Å². The van der Waals surface area contributed by atoms with Gasteiger partial charge in [0.2, 0.25) is 5.91 Å². The number of aromatic nitrogens is 3. The van der Waals surface area contributed by atoms with Gasteiger partial charge in [-0.15, -0.1) is 0 Å². The van der Waals surface area contributed by atoms with Crippen LogP contribution >= 0.6 is 0 Å². The van der Waals surface area contributed by atoms with E-state index in [1.165, 1.54) is 0 Å². The Morgan fingerprint density at radius 3 is 2.84 bits per heavy atom. The monoisotopic (exact) mass is 411 g/mol. The summed E-state index contributed by atoms with van der Waals surface area (Å²) in [5, 5.41) is 11.4. The molecule has 154 valence electrons. The van der Waals surface area contributed by atoms with Crippen molar-refractivity contribution in [3.63, 3.8) is 0 Å². The van der Waals surface area contributed by atoms with E-state index in [-0.39, 0.29) is 11.8 Å². The van der Waals surface area contributed by atoms with Crippen LogP contribution in [0, 0.1) is 6.92 Å². The highest BCUT2D eigenvalue weighted by Gasteiger charge is 2.17. The van der Waals surface area contributed by atoms with Crippen molar-refractivity contribution in [1.29, 1.82) is 0 Å². The Morgan fingerprint density at radius 2 is 1.94 bits per heavy atom. The summed E-state index contributed by atoms with van der Waals surface area (Å²) in [6.45, 7) is 1.87. The quantitative estimate of drug-likeness (QED) is 0.527. The second-order valence-corrected chi connectivity index (χ2v) is 7.67. The molecule has 2 amide bonds. The smallest absolute Gasteiger partial charge is 0.256 e. The third kappa shape index (κ3) is 3.77. The zero-order chi connectivity index (χ0) is 21.4. The summed E-state index contributed by atoms with van der Waals surface area (Å²) in [5.74, 6) is 0.957. The van der Waals surface area contributed by atoms with Crippen molar-refractivity contribution in [3.8, 4) is 5.82 Å². The summed E-state index contributed by atoms with van der Waals surface area (Å²) in [7, 11) is 0. The lowest BCUT2D eigenvalue weighted by Crippen LogP contribution is -2.16. The Kier molecular flexibility index (Phi) is 4.71. The van der Waals surface area contributed by atoms with Gasteiger partial charge in [0.05, 0.1) is 11.2 Å². The van der Waals surface area contributed by atoms with Gasteiger partial charge in [0.15, 0.2) is 5.82 Å². The Hall–Kier alpha value is -4.00. The summed E-state index contributed by atoms with van der Waals surface area (Å²) >= 11 is 0. The van der Waals surface area contributed by atoms with E-state index in [4.69, 9.17) is 0 Å². The first-order valence-corrected chi connectivity index (χ1v) is 10.2. The number of rotatable bonds is 3. The van der Waals surface area contributed by atoms with Crippen LogP contribution in [0.15, 0.2) is 60.7 Å². The van der Waals surface area contributed by atoms with Crippen LogP contribution in [0.2, 0.25) is 0 Å².